The maximum absolute atomic E-state index is 12.4. The van der Waals surface area contributed by atoms with E-state index in [0.717, 1.165) is 17.9 Å². The smallest absolute Gasteiger partial charge is 0.182 e. The predicted molar refractivity (Wildman–Crippen MR) is 74.0 cm³/mol. The van der Waals surface area contributed by atoms with Gasteiger partial charge in [-0.05, 0) is 29.7 Å². The van der Waals surface area contributed by atoms with Crippen LogP contribution in [0.3, 0.4) is 0 Å². The van der Waals surface area contributed by atoms with Crippen molar-refractivity contribution in [3.05, 3.63) is 29.3 Å². The summed E-state index contributed by atoms with van der Waals surface area (Å²) in [4.78, 5) is 12.4. The highest BCUT2D eigenvalue weighted by molar-refractivity contribution is 6.00. The van der Waals surface area contributed by atoms with Crippen molar-refractivity contribution in [2.75, 3.05) is 26.9 Å². The number of morpholine rings is 1. The molecular weight excluding hydrogens is 242 g/mol. The predicted octanol–water partition coefficient (Wildman–Crippen LogP) is 1.99. The van der Waals surface area contributed by atoms with E-state index in [1.54, 1.807) is 7.11 Å². The standard InChI is InChI=1S/C15H21NO3/c1-10(2)12-8-11(4-5-14(12)18-3)15(17)13-9-19-7-6-16-13/h4-5,8,10,13,16H,6-7,9H2,1-3H3. The molecule has 1 fully saturated rings. The zero-order valence-corrected chi connectivity index (χ0v) is 11.7. The molecule has 1 N–H and O–H groups in total. The van der Waals surface area contributed by atoms with E-state index >= 15 is 0 Å². The second-order valence-electron chi connectivity index (χ2n) is 5.06. The molecule has 104 valence electrons. The molecule has 1 aromatic rings. The highest BCUT2D eigenvalue weighted by Crippen LogP contribution is 2.27. The summed E-state index contributed by atoms with van der Waals surface area (Å²) in [5.41, 5.74) is 1.78. The number of Topliss-reactive ketones (excluding diaryl/α,β-unsaturated/α-hetero) is 1. The second-order valence-corrected chi connectivity index (χ2v) is 5.06. The Kier molecular flexibility index (Phi) is 4.56. The summed E-state index contributed by atoms with van der Waals surface area (Å²) < 4.78 is 10.7. The number of carbonyl (C=O) groups is 1. The van der Waals surface area contributed by atoms with E-state index in [1.807, 2.05) is 18.2 Å². The van der Waals surface area contributed by atoms with E-state index in [9.17, 15) is 4.79 Å². The Morgan fingerprint density at radius 1 is 1.47 bits per heavy atom. The average Bonchev–Trinajstić information content (AvgIpc) is 2.46. The van der Waals surface area contributed by atoms with Gasteiger partial charge in [-0.25, -0.2) is 0 Å². The lowest BCUT2D eigenvalue weighted by Crippen LogP contribution is -2.46. The first-order valence-corrected chi connectivity index (χ1v) is 6.66. The van der Waals surface area contributed by atoms with Crippen LogP contribution in [0.15, 0.2) is 18.2 Å². The molecule has 0 bridgehead atoms. The van der Waals surface area contributed by atoms with E-state index in [0.29, 0.717) is 24.7 Å². The molecule has 1 unspecified atom stereocenters. The van der Waals surface area contributed by atoms with Crippen LogP contribution in [-0.2, 0) is 4.74 Å². The van der Waals surface area contributed by atoms with Gasteiger partial charge < -0.3 is 14.8 Å². The lowest BCUT2D eigenvalue weighted by atomic mass is 9.96. The third-order valence-electron chi connectivity index (χ3n) is 3.37. The van der Waals surface area contributed by atoms with Gasteiger partial charge in [-0.3, -0.25) is 4.79 Å². The van der Waals surface area contributed by atoms with Gasteiger partial charge in [0.15, 0.2) is 5.78 Å². The van der Waals surface area contributed by atoms with Crippen LogP contribution in [0.25, 0.3) is 0 Å². The SMILES string of the molecule is COc1ccc(C(=O)C2COCCN2)cc1C(C)C. The monoisotopic (exact) mass is 263 g/mol. The molecule has 0 spiro atoms. The fraction of sp³-hybridized carbons (Fsp3) is 0.533. The first-order chi connectivity index (χ1) is 9.13. The number of ketones is 1. The molecule has 19 heavy (non-hydrogen) atoms. The van der Waals surface area contributed by atoms with Gasteiger partial charge in [0, 0.05) is 12.1 Å². The lowest BCUT2D eigenvalue weighted by molar-refractivity contribution is 0.0607. The summed E-state index contributed by atoms with van der Waals surface area (Å²) in [5.74, 6) is 1.24. The van der Waals surface area contributed by atoms with E-state index in [-0.39, 0.29) is 11.8 Å². The summed E-state index contributed by atoms with van der Waals surface area (Å²) in [6.45, 7) is 6.03. The largest absolute Gasteiger partial charge is 0.496 e. The third kappa shape index (κ3) is 3.14. The normalized spacial score (nSPS) is 19.5. The van der Waals surface area contributed by atoms with E-state index in [1.165, 1.54) is 0 Å². The van der Waals surface area contributed by atoms with E-state index < -0.39 is 0 Å². The van der Waals surface area contributed by atoms with Crippen LogP contribution in [0.4, 0.5) is 0 Å². The minimum Gasteiger partial charge on any atom is -0.496 e. The molecule has 0 amide bonds. The molecule has 1 saturated heterocycles. The minimum absolute atomic E-state index is 0.0873. The molecule has 4 nitrogen and oxygen atoms in total. The van der Waals surface area contributed by atoms with Crippen LogP contribution in [0.5, 0.6) is 5.75 Å². The maximum Gasteiger partial charge on any atom is 0.182 e. The van der Waals surface area contributed by atoms with Crippen LogP contribution >= 0.6 is 0 Å². The van der Waals surface area contributed by atoms with Crippen molar-refractivity contribution in [2.24, 2.45) is 0 Å². The van der Waals surface area contributed by atoms with Gasteiger partial charge in [0.05, 0.1) is 26.4 Å². The van der Waals surface area contributed by atoms with Gasteiger partial charge in [-0.2, -0.15) is 0 Å². The van der Waals surface area contributed by atoms with Crippen LogP contribution in [0, 0.1) is 0 Å². The Hall–Kier alpha value is -1.39. The van der Waals surface area contributed by atoms with Crippen LogP contribution in [0.1, 0.15) is 35.7 Å². The number of methoxy groups -OCH3 is 1. The molecule has 1 aromatic carbocycles. The van der Waals surface area contributed by atoms with Crippen molar-refractivity contribution in [1.29, 1.82) is 0 Å². The van der Waals surface area contributed by atoms with Crippen molar-refractivity contribution in [3.63, 3.8) is 0 Å². The van der Waals surface area contributed by atoms with Crippen molar-refractivity contribution >= 4 is 5.78 Å². The summed E-state index contributed by atoms with van der Waals surface area (Å²) in [6.07, 6.45) is 0. The van der Waals surface area contributed by atoms with Crippen molar-refractivity contribution in [3.8, 4) is 5.75 Å². The van der Waals surface area contributed by atoms with Gasteiger partial charge in [0.1, 0.15) is 5.75 Å². The third-order valence-corrected chi connectivity index (χ3v) is 3.37. The molecule has 1 aliphatic heterocycles. The maximum atomic E-state index is 12.4. The van der Waals surface area contributed by atoms with Gasteiger partial charge >= 0.3 is 0 Å². The highest BCUT2D eigenvalue weighted by Gasteiger charge is 2.23. The first-order valence-electron chi connectivity index (χ1n) is 6.66. The molecule has 0 radical (unpaired) electrons. The Balaban J connectivity index is 2.24. The Morgan fingerprint density at radius 2 is 2.26 bits per heavy atom. The first kappa shape index (κ1) is 14.0. The summed E-state index contributed by atoms with van der Waals surface area (Å²) in [5, 5.41) is 3.19. The Morgan fingerprint density at radius 3 is 2.84 bits per heavy atom. The quantitative estimate of drug-likeness (QED) is 0.844. The number of nitrogens with one attached hydrogen (secondary N) is 1. The Labute approximate surface area is 114 Å². The van der Waals surface area contributed by atoms with Gasteiger partial charge in [0.25, 0.3) is 0 Å². The Bertz CT molecular complexity index is 451. The number of rotatable bonds is 4. The minimum atomic E-state index is -0.234. The van der Waals surface area contributed by atoms with Crippen molar-refractivity contribution in [1.82, 2.24) is 5.32 Å². The van der Waals surface area contributed by atoms with Gasteiger partial charge in [-0.1, -0.05) is 13.8 Å². The molecule has 1 aliphatic rings. The fourth-order valence-electron chi connectivity index (χ4n) is 2.27. The molecule has 1 heterocycles. The summed E-state index contributed by atoms with van der Waals surface area (Å²) >= 11 is 0. The highest BCUT2D eigenvalue weighted by atomic mass is 16.5. The summed E-state index contributed by atoms with van der Waals surface area (Å²) in [6, 6.07) is 5.39. The number of hydrogen-bond donors (Lipinski definition) is 1. The van der Waals surface area contributed by atoms with Gasteiger partial charge in [0.2, 0.25) is 0 Å². The fourth-order valence-corrected chi connectivity index (χ4v) is 2.27. The molecule has 4 heteroatoms. The van der Waals surface area contributed by atoms with Crippen LogP contribution in [0.2, 0.25) is 0 Å². The number of benzene rings is 1. The molecule has 0 saturated carbocycles. The topological polar surface area (TPSA) is 47.6 Å². The number of ether oxygens (including phenoxy) is 2. The number of hydrogen-bond acceptors (Lipinski definition) is 4. The molecule has 2 rings (SSSR count). The summed E-state index contributed by atoms with van der Waals surface area (Å²) in [7, 11) is 1.65. The average molecular weight is 263 g/mol. The van der Waals surface area contributed by atoms with Gasteiger partial charge in [-0.15, -0.1) is 0 Å². The van der Waals surface area contributed by atoms with Crippen molar-refractivity contribution in [2.45, 2.75) is 25.8 Å². The van der Waals surface area contributed by atoms with Crippen molar-refractivity contribution < 1.29 is 14.3 Å². The van der Waals surface area contributed by atoms with E-state index in [4.69, 9.17) is 9.47 Å². The van der Waals surface area contributed by atoms with Crippen LogP contribution in [-0.4, -0.2) is 38.7 Å². The zero-order chi connectivity index (χ0) is 13.8. The number of carbonyl (C=O) groups excluding carboxylic acids is 1. The lowest BCUT2D eigenvalue weighted by Gasteiger charge is -2.23. The molecule has 0 aliphatic carbocycles. The molecular formula is C15H21NO3. The zero-order valence-electron chi connectivity index (χ0n) is 11.7. The van der Waals surface area contributed by atoms with Crippen LogP contribution < -0.4 is 10.1 Å². The second kappa shape index (κ2) is 6.17. The molecule has 1 atom stereocenters. The van der Waals surface area contributed by atoms with E-state index in [2.05, 4.69) is 19.2 Å². The molecule has 0 aromatic heterocycles.